The number of aromatic nitrogens is 1. The molecule has 0 atom stereocenters. The van der Waals surface area contributed by atoms with Crippen LogP contribution in [0.5, 0.6) is 0 Å². The highest BCUT2D eigenvalue weighted by Gasteiger charge is 2.13. The molecule has 22 heavy (non-hydrogen) atoms. The number of rotatable bonds is 7. The number of carboxylic acid groups (broad SMARTS) is 1. The summed E-state index contributed by atoms with van der Waals surface area (Å²) in [5.41, 5.74) is 0.972. The summed E-state index contributed by atoms with van der Waals surface area (Å²) in [4.78, 5) is 19.1. The summed E-state index contributed by atoms with van der Waals surface area (Å²) in [5.74, 6) is -0.202. The van der Waals surface area contributed by atoms with Gasteiger partial charge in [-0.1, -0.05) is 12.1 Å². The Morgan fingerprint density at radius 1 is 1.27 bits per heavy atom. The fourth-order valence-electron chi connectivity index (χ4n) is 2.34. The molecule has 0 saturated heterocycles. The molecule has 0 bridgehead atoms. The van der Waals surface area contributed by atoms with E-state index in [1.807, 2.05) is 38.4 Å². The van der Waals surface area contributed by atoms with Crippen molar-refractivity contribution < 1.29 is 9.90 Å². The van der Waals surface area contributed by atoms with E-state index in [4.69, 9.17) is 5.11 Å². The Morgan fingerprint density at radius 2 is 2.05 bits per heavy atom. The summed E-state index contributed by atoms with van der Waals surface area (Å²) in [5, 5.41) is 14.4. The zero-order chi connectivity index (χ0) is 16.1. The number of hydrogen-bond acceptors (Lipinski definition) is 5. The first-order valence-corrected chi connectivity index (χ1v) is 7.18. The lowest BCUT2D eigenvalue weighted by molar-refractivity contribution is -0.135. The van der Waals surface area contributed by atoms with Crippen LogP contribution in [0.15, 0.2) is 30.5 Å². The molecule has 6 nitrogen and oxygen atoms in total. The Labute approximate surface area is 130 Å². The number of nitrogens with one attached hydrogen (secondary N) is 1. The van der Waals surface area contributed by atoms with Crippen molar-refractivity contribution in [1.82, 2.24) is 9.88 Å². The van der Waals surface area contributed by atoms with Crippen LogP contribution < -0.4 is 10.2 Å². The number of pyridine rings is 1. The van der Waals surface area contributed by atoms with Crippen molar-refractivity contribution in [3.8, 4) is 0 Å². The molecule has 1 aromatic heterocycles. The van der Waals surface area contributed by atoms with Gasteiger partial charge in [-0.05, 0) is 31.6 Å². The van der Waals surface area contributed by atoms with Gasteiger partial charge in [-0.15, -0.1) is 0 Å². The quantitative estimate of drug-likeness (QED) is 0.812. The normalized spacial score (nSPS) is 10.9. The van der Waals surface area contributed by atoms with Crippen molar-refractivity contribution >= 4 is 28.2 Å². The summed E-state index contributed by atoms with van der Waals surface area (Å²) in [6.07, 6.45) is 1.71. The Bertz CT molecular complexity index is 652. The molecule has 6 heteroatoms. The van der Waals surface area contributed by atoms with Crippen LogP contribution in [-0.2, 0) is 4.79 Å². The largest absolute Gasteiger partial charge is 0.480 e. The molecule has 0 fully saturated rings. The first-order chi connectivity index (χ1) is 10.5. The summed E-state index contributed by atoms with van der Waals surface area (Å²) < 4.78 is 0. The molecule has 0 saturated carbocycles. The zero-order valence-corrected chi connectivity index (χ0v) is 13.2. The Balaban J connectivity index is 2.37. The number of benzene rings is 1. The van der Waals surface area contributed by atoms with Crippen LogP contribution in [0.2, 0.25) is 0 Å². The topological polar surface area (TPSA) is 68.7 Å². The van der Waals surface area contributed by atoms with E-state index in [-0.39, 0.29) is 6.54 Å². The molecule has 0 amide bonds. The minimum absolute atomic E-state index is 0.0852. The molecule has 1 aromatic carbocycles. The van der Waals surface area contributed by atoms with Gasteiger partial charge in [0.05, 0.1) is 0 Å². The molecule has 2 N–H and O–H groups in total. The summed E-state index contributed by atoms with van der Waals surface area (Å²) in [7, 11) is 5.79. The number of carbonyl (C=O) groups is 1. The Morgan fingerprint density at radius 3 is 2.73 bits per heavy atom. The second-order valence-electron chi connectivity index (χ2n) is 5.52. The maximum absolute atomic E-state index is 11.0. The van der Waals surface area contributed by atoms with Crippen LogP contribution in [0.4, 0.5) is 11.5 Å². The number of anilines is 2. The minimum Gasteiger partial charge on any atom is -0.480 e. The number of fused-ring (bicyclic) bond motifs is 1. The van der Waals surface area contributed by atoms with Gasteiger partial charge in [0.1, 0.15) is 12.4 Å². The van der Waals surface area contributed by atoms with E-state index in [0.29, 0.717) is 5.82 Å². The van der Waals surface area contributed by atoms with Gasteiger partial charge < -0.3 is 20.2 Å². The van der Waals surface area contributed by atoms with E-state index in [2.05, 4.69) is 15.2 Å². The molecule has 0 aliphatic carbocycles. The minimum atomic E-state index is -0.876. The molecule has 0 spiro atoms. The number of aliphatic carboxylic acids is 1. The summed E-state index contributed by atoms with van der Waals surface area (Å²) >= 11 is 0. The predicted molar refractivity (Wildman–Crippen MR) is 89.7 cm³/mol. The van der Waals surface area contributed by atoms with Gasteiger partial charge in [-0.2, -0.15) is 0 Å². The molecule has 1 heterocycles. The van der Waals surface area contributed by atoms with Crippen molar-refractivity contribution in [2.75, 3.05) is 51.0 Å². The van der Waals surface area contributed by atoms with Gasteiger partial charge in [0.2, 0.25) is 0 Å². The van der Waals surface area contributed by atoms with Crippen molar-refractivity contribution in [3.63, 3.8) is 0 Å². The van der Waals surface area contributed by atoms with E-state index < -0.39 is 5.97 Å². The lowest BCUT2D eigenvalue weighted by Crippen LogP contribution is -2.26. The van der Waals surface area contributed by atoms with Gasteiger partial charge in [0.25, 0.3) is 0 Å². The molecular formula is C16H22N4O2. The summed E-state index contributed by atoms with van der Waals surface area (Å²) in [6.45, 7) is 1.64. The van der Waals surface area contributed by atoms with Crippen LogP contribution in [0.1, 0.15) is 0 Å². The van der Waals surface area contributed by atoms with Crippen LogP contribution >= 0.6 is 0 Å². The van der Waals surface area contributed by atoms with Crippen LogP contribution in [-0.4, -0.2) is 61.7 Å². The average Bonchev–Trinajstić information content (AvgIpc) is 2.45. The SMILES string of the molecule is CN(C)CCNc1cccc2ccnc(N(C)CC(=O)O)c12. The first kappa shape index (κ1) is 16.0. The number of likely N-dealkylation sites (N-methyl/N-ethyl adjacent to an activating group) is 2. The van der Waals surface area contributed by atoms with E-state index in [9.17, 15) is 4.79 Å². The maximum Gasteiger partial charge on any atom is 0.323 e. The lowest BCUT2D eigenvalue weighted by atomic mass is 10.1. The van der Waals surface area contributed by atoms with Crippen molar-refractivity contribution in [3.05, 3.63) is 30.5 Å². The highest BCUT2D eigenvalue weighted by molar-refractivity contribution is 6.02. The molecule has 0 aliphatic heterocycles. The second kappa shape index (κ2) is 7.09. The predicted octanol–water partition coefficient (Wildman–Crippen LogP) is 1.73. The molecule has 0 aliphatic rings. The third-order valence-corrected chi connectivity index (χ3v) is 3.38. The molecule has 2 aromatic rings. The number of hydrogen-bond donors (Lipinski definition) is 2. The highest BCUT2D eigenvalue weighted by atomic mass is 16.4. The molecule has 2 rings (SSSR count). The van der Waals surface area contributed by atoms with E-state index >= 15 is 0 Å². The maximum atomic E-state index is 11.0. The average molecular weight is 302 g/mol. The third-order valence-electron chi connectivity index (χ3n) is 3.38. The molecular weight excluding hydrogens is 280 g/mol. The Kier molecular flexibility index (Phi) is 5.16. The van der Waals surface area contributed by atoms with Crippen molar-refractivity contribution in [2.24, 2.45) is 0 Å². The van der Waals surface area contributed by atoms with Crippen molar-refractivity contribution in [2.45, 2.75) is 0 Å². The standard InChI is InChI=1S/C16H22N4O2/c1-19(2)10-9-17-13-6-4-5-12-7-8-18-16(15(12)13)20(3)11-14(21)22/h4-8,17H,9-11H2,1-3H3,(H,21,22). The van der Waals surface area contributed by atoms with E-state index in [1.54, 1.807) is 18.1 Å². The van der Waals surface area contributed by atoms with Crippen molar-refractivity contribution in [1.29, 1.82) is 0 Å². The number of carboxylic acids is 1. The lowest BCUT2D eigenvalue weighted by Gasteiger charge is -2.20. The van der Waals surface area contributed by atoms with Crippen LogP contribution in [0, 0.1) is 0 Å². The highest BCUT2D eigenvalue weighted by Crippen LogP contribution is 2.30. The second-order valence-corrected chi connectivity index (χ2v) is 5.52. The zero-order valence-electron chi connectivity index (χ0n) is 13.2. The van der Waals surface area contributed by atoms with Gasteiger partial charge in [-0.3, -0.25) is 4.79 Å². The molecule has 0 unspecified atom stereocenters. The monoisotopic (exact) mass is 302 g/mol. The van der Waals surface area contributed by atoms with Gasteiger partial charge in [0.15, 0.2) is 0 Å². The Hall–Kier alpha value is -2.34. The van der Waals surface area contributed by atoms with Gasteiger partial charge in [-0.25, -0.2) is 4.98 Å². The fourth-order valence-corrected chi connectivity index (χ4v) is 2.34. The smallest absolute Gasteiger partial charge is 0.323 e. The first-order valence-electron chi connectivity index (χ1n) is 7.18. The third kappa shape index (κ3) is 3.85. The van der Waals surface area contributed by atoms with Gasteiger partial charge in [0, 0.05) is 37.4 Å². The van der Waals surface area contributed by atoms with E-state index in [0.717, 1.165) is 29.5 Å². The number of nitrogens with zero attached hydrogens (tertiary/aromatic N) is 3. The van der Waals surface area contributed by atoms with E-state index in [1.165, 1.54) is 0 Å². The fraction of sp³-hybridized carbons (Fsp3) is 0.375. The van der Waals surface area contributed by atoms with Crippen LogP contribution in [0.3, 0.4) is 0 Å². The molecule has 118 valence electrons. The van der Waals surface area contributed by atoms with Gasteiger partial charge >= 0.3 is 5.97 Å². The summed E-state index contributed by atoms with van der Waals surface area (Å²) in [6, 6.07) is 7.93. The molecule has 0 radical (unpaired) electrons. The van der Waals surface area contributed by atoms with Crippen LogP contribution in [0.25, 0.3) is 10.8 Å².